The van der Waals surface area contributed by atoms with Crippen molar-refractivity contribution >= 4 is 21.9 Å². The number of nitrogens with two attached hydrogens (primary N) is 1. The van der Waals surface area contributed by atoms with Gasteiger partial charge >= 0.3 is 0 Å². The fourth-order valence-electron chi connectivity index (χ4n) is 1.61. The third-order valence-corrected chi connectivity index (χ3v) is 3.09. The van der Waals surface area contributed by atoms with E-state index in [9.17, 15) is 0 Å². The van der Waals surface area contributed by atoms with Gasteiger partial charge in [-0.05, 0) is 34.0 Å². The quantitative estimate of drug-likeness (QED) is 0.911. The van der Waals surface area contributed by atoms with E-state index in [0.29, 0.717) is 12.5 Å². The molecule has 5 heteroatoms. The van der Waals surface area contributed by atoms with Crippen LogP contribution in [0.4, 0.5) is 5.95 Å². The SMILES string of the molecule is CC(Nc1ncc(Br)cn1)c1ccc(CN)cc1. The van der Waals surface area contributed by atoms with E-state index in [1.807, 2.05) is 12.1 Å². The van der Waals surface area contributed by atoms with Gasteiger partial charge in [-0.1, -0.05) is 24.3 Å². The second-order valence-electron chi connectivity index (χ2n) is 4.04. The van der Waals surface area contributed by atoms with Crippen LogP contribution in [0.5, 0.6) is 0 Å². The van der Waals surface area contributed by atoms with Crippen molar-refractivity contribution in [2.75, 3.05) is 5.32 Å². The molecule has 0 bridgehead atoms. The van der Waals surface area contributed by atoms with Gasteiger partial charge in [0.15, 0.2) is 0 Å². The summed E-state index contributed by atoms with van der Waals surface area (Å²) >= 11 is 3.31. The molecular formula is C13H15BrN4. The Morgan fingerprint density at radius 2 is 1.83 bits per heavy atom. The van der Waals surface area contributed by atoms with Crippen LogP contribution in [0, 0.1) is 0 Å². The molecule has 0 saturated carbocycles. The van der Waals surface area contributed by atoms with Crippen LogP contribution in [0.3, 0.4) is 0 Å². The lowest BCUT2D eigenvalue weighted by atomic mass is 10.1. The number of nitrogens with zero attached hydrogens (tertiary/aromatic N) is 2. The summed E-state index contributed by atoms with van der Waals surface area (Å²) in [7, 11) is 0. The molecule has 0 aliphatic heterocycles. The third kappa shape index (κ3) is 3.27. The van der Waals surface area contributed by atoms with E-state index in [-0.39, 0.29) is 6.04 Å². The molecule has 0 saturated heterocycles. The maximum atomic E-state index is 5.57. The predicted octanol–water partition coefficient (Wildman–Crippen LogP) is 2.87. The van der Waals surface area contributed by atoms with Gasteiger partial charge in [0.05, 0.1) is 10.5 Å². The number of rotatable bonds is 4. The minimum absolute atomic E-state index is 0.151. The predicted molar refractivity (Wildman–Crippen MR) is 76.1 cm³/mol. The molecule has 2 aromatic rings. The smallest absolute Gasteiger partial charge is 0.223 e. The highest BCUT2D eigenvalue weighted by atomic mass is 79.9. The van der Waals surface area contributed by atoms with Gasteiger partial charge in [-0.3, -0.25) is 0 Å². The lowest BCUT2D eigenvalue weighted by Gasteiger charge is -2.14. The summed E-state index contributed by atoms with van der Waals surface area (Å²) in [6.07, 6.45) is 3.44. The molecule has 3 N–H and O–H groups in total. The summed E-state index contributed by atoms with van der Waals surface area (Å²) in [5, 5.41) is 3.25. The Labute approximate surface area is 115 Å². The lowest BCUT2D eigenvalue weighted by Crippen LogP contribution is -2.09. The molecule has 2 rings (SSSR count). The zero-order valence-electron chi connectivity index (χ0n) is 10.1. The fourth-order valence-corrected chi connectivity index (χ4v) is 1.81. The van der Waals surface area contributed by atoms with Crippen LogP contribution in [0.15, 0.2) is 41.1 Å². The van der Waals surface area contributed by atoms with Crippen LogP contribution in [-0.2, 0) is 6.54 Å². The molecule has 0 radical (unpaired) electrons. The van der Waals surface area contributed by atoms with E-state index in [1.54, 1.807) is 12.4 Å². The number of aromatic nitrogens is 2. The highest BCUT2D eigenvalue weighted by molar-refractivity contribution is 9.10. The van der Waals surface area contributed by atoms with Crippen molar-refractivity contribution in [3.8, 4) is 0 Å². The number of nitrogens with one attached hydrogen (secondary N) is 1. The topological polar surface area (TPSA) is 63.8 Å². The molecule has 0 aliphatic carbocycles. The van der Waals surface area contributed by atoms with Gasteiger partial charge in [0, 0.05) is 18.9 Å². The summed E-state index contributed by atoms with van der Waals surface area (Å²) in [6, 6.07) is 8.36. The van der Waals surface area contributed by atoms with Crippen molar-refractivity contribution in [1.29, 1.82) is 0 Å². The second kappa shape index (κ2) is 5.93. The molecule has 0 amide bonds. The van der Waals surface area contributed by atoms with E-state index in [2.05, 4.69) is 50.3 Å². The van der Waals surface area contributed by atoms with Gasteiger partial charge in [-0.25, -0.2) is 9.97 Å². The second-order valence-corrected chi connectivity index (χ2v) is 4.95. The van der Waals surface area contributed by atoms with Crippen LogP contribution in [0.2, 0.25) is 0 Å². The number of anilines is 1. The zero-order chi connectivity index (χ0) is 13.0. The van der Waals surface area contributed by atoms with E-state index in [0.717, 1.165) is 10.0 Å². The van der Waals surface area contributed by atoms with Crippen molar-refractivity contribution in [2.45, 2.75) is 19.5 Å². The molecule has 1 aromatic carbocycles. The van der Waals surface area contributed by atoms with Crippen LogP contribution in [-0.4, -0.2) is 9.97 Å². The van der Waals surface area contributed by atoms with Crippen molar-refractivity contribution in [3.63, 3.8) is 0 Å². The number of hydrogen-bond acceptors (Lipinski definition) is 4. The Kier molecular flexibility index (Phi) is 4.28. The maximum absolute atomic E-state index is 5.57. The van der Waals surface area contributed by atoms with Crippen LogP contribution >= 0.6 is 15.9 Å². The molecule has 1 atom stereocenters. The zero-order valence-corrected chi connectivity index (χ0v) is 11.7. The Hall–Kier alpha value is -1.46. The molecule has 0 spiro atoms. The van der Waals surface area contributed by atoms with Crippen LogP contribution < -0.4 is 11.1 Å². The van der Waals surface area contributed by atoms with Gasteiger partial charge in [0.1, 0.15) is 0 Å². The van der Waals surface area contributed by atoms with Crippen molar-refractivity contribution in [2.24, 2.45) is 5.73 Å². The minimum Gasteiger partial charge on any atom is -0.348 e. The first-order valence-corrected chi connectivity index (χ1v) is 6.51. The van der Waals surface area contributed by atoms with Gasteiger partial charge in [-0.2, -0.15) is 0 Å². The van der Waals surface area contributed by atoms with E-state index in [4.69, 9.17) is 5.73 Å². The Morgan fingerprint density at radius 1 is 1.22 bits per heavy atom. The molecular weight excluding hydrogens is 292 g/mol. The highest BCUT2D eigenvalue weighted by Gasteiger charge is 2.06. The average Bonchev–Trinajstić information content (AvgIpc) is 2.41. The highest BCUT2D eigenvalue weighted by Crippen LogP contribution is 2.17. The van der Waals surface area contributed by atoms with Gasteiger partial charge in [0.2, 0.25) is 5.95 Å². The standard InChI is InChI=1S/C13H15BrN4/c1-9(11-4-2-10(6-15)3-5-11)18-13-16-7-12(14)8-17-13/h2-5,7-9H,6,15H2,1H3,(H,16,17,18). The summed E-state index contributed by atoms with van der Waals surface area (Å²) in [5.74, 6) is 0.619. The summed E-state index contributed by atoms with van der Waals surface area (Å²) < 4.78 is 0.869. The van der Waals surface area contributed by atoms with Crippen molar-refractivity contribution in [1.82, 2.24) is 9.97 Å². The van der Waals surface area contributed by atoms with E-state index >= 15 is 0 Å². The molecule has 1 unspecified atom stereocenters. The molecule has 0 fully saturated rings. The van der Waals surface area contributed by atoms with Gasteiger partial charge in [0.25, 0.3) is 0 Å². The fraction of sp³-hybridized carbons (Fsp3) is 0.231. The Bertz CT molecular complexity index is 495. The summed E-state index contributed by atoms with van der Waals surface area (Å²) in [4.78, 5) is 8.38. The Morgan fingerprint density at radius 3 is 2.39 bits per heavy atom. The first kappa shape index (κ1) is 13.0. The lowest BCUT2D eigenvalue weighted by molar-refractivity contribution is 0.857. The van der Waals surface area contributed by atoms with Crippen molar-refractivity contribution in [3.05, 3.63) is 52.3 Å². The molecule has 1 heterocycles. The molecule has 4 nitrogen and oxygen atoms in total. The number of benzene rings is 1. The number of halogens is 1. The minimum atomic E-state index is 0.151. The normalized spacial score (nSPS) is 12.2. The third-order valence-electron chi connectivity index (χ3n) is 2.68. The summed E-state index contributed by atoms with van der Waals surface area (Å²) in [6.45, 7) is 2.64. The molecule has 94 valence electrons. The maximum Gasteiger partial charge on any atom is 0.223 e. The van der Waals surface area contributed by atoms with Crippen molar-refractivity contribution < 1.29 is 0 Å². The number of hydrogen-bond donors (Lipinski definition) is 2. The first-order chi connectivity index (χ1) is 8.69. The largest absolute Gasteiger partial charge is 0.348 e. The van der Waals surface area contributed by atoms with Crippen LogP contribution in [0.25, 0.3) is 0 Å². The Balaban J connectivity index is 2.06. The van der Waals surface area contributed by atoms with Crippen LogP contribution in [0.1, 0.15) is 24.1 Å². The van der Waals surface area contributed by atoms with E-state index in [1.165, 1.54) is 5.56 Å². The first-order valence-electron chi connectivity index (χ1n) is 5.72. The summed E-state index contributed by atoms with van der Waals surface area (Å²) in [5.41, 5.74) is 7.88. The van der Waals surface area contributed by atoms with Gasteiger partial charge in [-0.15, -0.1) is 0 Å². The molecule has 1 aromatic heterocycles. The van der Waals surface area contributed by atoms with Gasteiger partial charge < -0.3 is 11.1 Å². The molecule has 0 aliphatic rings. The average molecular weight is 307 g/mol. The molecule has 18 heavy (non-hydrogen) atoms. The monoisotopic (exact) mass is 306 g/mol. The van der Waals surface area contributed by atoms with E-state index < -0.39 is 0 Å².